The van der Waals surface area contributed by atoms with Crippen LogP contribution < -0.4 is 0 Å². The first-order chi connectivity index (χ1) is 11.0. The van der Waals surface area contributed by atoms with E-state index in [1.54, 1.807) is 37.3 Å². The van der Waals surface area contributed by atoms with Crippen LogP contribution in [-0.4, -0.2) is 16.7 Å². The summed E-state index contributed by atoms with van der Waals surface area (Å²) in [7, 11) is 0. The molecular weight excluding hydrogens is 288 g/mol. The lowest BCUT2D eigenvalue weighted by atomic mass is 10.1. The molecule has 1 N–H and O–H groups in total. The summed E-state index contributed by atoms with van der Waals surface area (Å²) >= 11 is 0. The van der Waals surface area contributed by atoms with Gasteiger partial charge in [-0.15, -0.1) is 0 Å². The van der Waals surface area contributed by atoms with Crippen LogP contribution >= 0.6 is 0 Å². The molecule has 0 saturated carbocycles. The van der Waals surface area contributed by atoms with E-state index in [0.717, 1.165) is 11.1 Å². The van der Waals surface area contributed by atoms with Crippen LogP contribution in [0.3, 0.4) is 0 Å². The van der Waals surface area contributed by atoms with E-state index in [1.807, 2.05) is 36.4 Å². The van der Waals surface area contributed by atoms with Gasteiger partial charge in [-0.1, -0.05) is 55.1 Å². The molecule has 0 unspecified atom stereocenters. The van der Waals surface area contributed by atoms with Crippen molar-refractivity contribution in [2.45, 2.75) is 13.3 Å². The Bertz CT molecular complexity index is 668. The monoisotopic (exact) mass is 308 g/mol. The highest BCUT2D eigenvalue weighted by atomic mass is 16.3. The smallest absolute Gasteiger partial charge is 0.159 e. The van der Waals surface area contributed by atoms with Crippen molar-refractivity contribution in [3.63, 3.8) is 0 Å². The number of allylic oxidation sites excluding steroid dienone is 2. The summed E-state index contributed by atoms with van der Waals surface area (Å²) in [5, 5.41) is 8.94. The molecule has 0 aliphatic carbocycles. The molecule has 0 amide bonds. The zero-order valence-corrected chi connectivity index (χ0v) is 13.1. The third-order valence-corrected chi connectivity index (χ3v) is 2.85. The normalized spacial score (nSPS) is 9.78. The van der Waals surface area contributed by atoms with Crippen molar-refractivity contribution in [2.24, 2.45) is 0 Å². The Labute approximate surface area is 136 Å². The van der Waals surface area contributed by atoms with E-state index in [2.05, 4.69) is 6.58 Å². The van der Waals surface area contributed by atoms with E-state index in [1.165, 1.54) is 6.08 Å². The topological polar surface area (TPSA) is 54.4 Å². The van der Waals surface area contributed by atoms with Gasteiger partial charge in [-0.05, 0) is 42.3 Å². The number of hydrogen-bond acceptors (Lipinski definition) is 3. The van der Waals surface area contributed by atoms with Crippen LogP contribution in [0.5, 0.6) is 5.75 Å². The minimum Gasteiger partial charge on any atom is -0.508 e. The highest BCUT2D eigenvalue weighted by Crippen LogP contribution is 2.10. The Balaban J connectivity index is 0.000000231. The second-order valence-electron chi connectivity index (χ2n) is 4.87. The number of aromatic hydroxyl groups is 1. The number of hydrogen-bond donors (Lipinski definition) is 1. The second kappa shape index (κ2) is 9.90. The highest BCUT2D eigenvalue weighted by Gasteiger charge is 1.97. The zero-order chi connectivity index (χ0) is 17.1. The number of rotatable bonds is 5. The number of carbonyl (C=O) groups is 2. The quantitative estimate of drug-likeness (QED) is 0.850. The van der Waals surface area contributed by atoms with Crippen molar-refractivity contribution in [3.8, 4) is 5.75 Å². The molecule has 0 bridgehead atoms. The van der Waals surface area contributed by atoms with Gasteiger partial charge in [0.25, 0.3) is 0 Å². The Kier molecular flexibility index (Phi) is 7.79. The van der Waals surface area contributed by atoms with E-state index in [0.29, 0.717) is 6.42 Å². The molecular formula is C20H20O3. The predicted octanol–water partition coefficient (Wildman–Crippen LogP) is 3.98. The lowest BCUT2D eigenvalue weighted by Gasteiger charge is -1.96. The maximum atomic E-state index is 10.9. The van der Waals surface area contributed by atoms with Gasteiger partial charge in [0, 0.05) is 6.42 Å². The van der Waals surface area contributed by atoms with Crippen LogP contribution in [0.25, 0.3) is 6.08 Å². The van der Waals surface area contributed by atoms with Crippen LogP contribution in [-0.2, 0) is 16.0 Å². The van der Waals surface area contributed by atoms with E-state index < -0.39 is 0 Å². The molecule has 0 spiro atoms. The van der Waals surface area contributed by atoms with Crippen molar-refractivity contribution in [1.82, 2.24) is 0 Å². The van der Waals surface area contributed by atoms with Gasteiger partial charge in [0.2, 0.25) is 0 Å². The third-order valence-electron chi connectivity index (χ3n) is 2.85. The van der Waals surface area contributed by atoms with Crippen molar-refractivity contribution >= 4 is 17.6 Å². The predicted molar refractivity (Wildman–Crippen MR) is 93.2 cm³/mol. The first-order valence-corrected chi connectivity index (χ1v) is 7.18. The number of benzene rings is 2. The number of ketones is 2. The average molecular weight is 308 g/mol. The summed E-state index contributed by atoms with van der Waals surface area (Å²) in [5.74, 6) is 0.277. The summed E-state index contributed by atoms with van der Waals surface area (Å²) in [4.78, 5) is 21.4. The minimum absolute atomic E-state index is 0.0133. The van der Waals surface area contributed by atoms with E-state index in [4.69, 9.17) is 5.11 Å². The van der Waals surface area contributed by atoms with Crippen molar-refractivity contribution in [1.29, 1.82) is 0 Å². The summed E-state index contributed by atoms with van der Waals surface area (Å²) in [6.45, 7) is 4.92. The molecule has 0 aliphatic rings. The maximum Gasteiger partial charge on any atom is 0.159 e. The lowest BCUT2D eigenvalue weighted by molar-refractivity contribution is -0.114. The zero-order valence-electron chi connectivity index (χ0n) is 13.1. The fourth-order valence-electron chi connectivity index (χ4n) is 1.66. The van der Waals surface area contributed by atoms with Crippen LogP contribution in [0.2, 0.25) is 0 Å². The van der Waals surface area contributed by atoms with Crippen LogP contribution in [0, 0.1) is 0 Å². The molecule has 2 rings (SSSR count). The van der Waals surface area contributed by atoms with Gasteiger partial charge in [-0.3, -0.25) is 9.59 Å². The maximum absolute atomic E-state index is 10.9. The van der Waals surface area contributed by atoms with Gasteiger partial charge in [-0.2, -0.15) is 0 Å². The summed E-state index contributed by atoms with van der Waals surface area (Å²) in [5.41, 5.74) is 1.94. The molecule has 3 nitrogen and oxygen atoms in total. The Hall–Kier alpha value is -2.94. The molecule has 0 atom stereocenters. The largest absolute Gasteiger partial charge is 0.508 e. The fraction of sp³-hybridized carbons (Fsp3) is 0.100. The first-order valence-electron chi connectivity index (χ1n) is 7.18. The third kappa shape index (κ3) is 8.17. The van der Waals surface area contributed by atoms with Crippen molar-refractivity contribution in [3.05, 3.63) is 84.5 Å². The molecule has 118 valence electrons. The van der Waals surface area contributed by atoms with Gasteiger partial charge in [0.1, 0.15) is 5.75 Å². The minimum atomic E-state index is -0.0133. The Morgan fingerprint density at radius 1 is 1.04 bits per heavy atom. The van der Waals surface area contributed by atoms with Gasteiger partial charge < -0.3 is 5.11 Å². The summed E-state index contributed by atoms with van der Waals surface area (Å²) in [6.07, 6.45) is 5.02. The summed E-state index contributed by atoms with van der Waals surface area (Å²) < 4.78 is 0. The van der Waals surface area contributed by atoms with Crippen molar-refractivity contribution in [2.75, 3.05) is 0 Å². The van der Waals surface area contributed by atoms with E-state index >= 15 is 0 Å². The van der Waals surface area contributed by atoms with Crippen LogP contribution in [0.4, 0.5) is 0 Å². The standard InChI is InChI=1S/C10H10O2.C10H10O/c1-2-9(11)7-8-3-5-10(12)6-4-8;1-9(11)7-8-10-5-3-2-4-6-10/h2-6,12H,1,7H2;2-8H,1H3. The van der Waals surface area contributed by atoms with E-state index in [9.17, 15) is 9.59 Å². The molecule has 2 aromatic carbocycles. The molecule has 0 aromatic heterocycles. The molecule has 2 aromatic rings. The molecule has 3 heteroatoms. The first kappa shape index (κ1) is 18.1. The Morgan fingerprint density at radius 3 is 2.17 bits per heavy atom. The molecule has 0 fully saturated rings. The van der Waals surface area contributed by atoms with Crippen molar-refractivity contribution < 1.29 is 14.7 Å². The van der Waals surface area contributed by atoms with Gasteiger partial charge >= 0.3 is 0 Å². The molecule has 23 heavy (non-hydrogen) atoms. The highest BCUT2D eigenvalue weighted by molar-refractivity contribution is 5.91. The Morgan fingerprint density at radius 2 is 1.65 bits per heavy atom. The number of phenols is 1. The van der Waals surface area contributed by atoms with Gasteiger partial charge in [0.15, 0.2) is 11.6 Å². The van der Waals surface area contributed by atoms with E-state index in [-0.39, 0.29) is 17.3 Å². The van der Waals surface area contributed by atoms with Crippen LogP contribution in [0.1, 0.15) is 18.1 Å². The fourth-order valence-corrected chi connectivity index (χ4v) is 1.66. The van der Waals surface area contributed by atoms with Crippen LogP contribution in [0.15, 0.2) is 73.3 Å². The second-order valence-corrected chi connectivity index (χ2v) is 4.87. The van der Waals surface area contributed by atoms with Gasteiger partial charge in [-0.25, -0.2) is 0 Å². The number of carbonyl (C=O) groups excluding carboxylic acids is 2. The average Bonchev–Trinajstić information content (AvgIpc) is 2.56. The number of phenolic OH excluding ortho intramolecular Hbond substituents is 1. The SMILES string of the molecule is C=CC(=O)Cc1ccc(O)cc1.CC(=O)C=Cc1ccccc1. The summed E-state index contributed by atoms with van der Waals surface area (Å²) in [6, 6.07) is 16.3. The lowest BCUT2D eigenvalue weighted by Crippen LogP contribution is -1.96. The molecule has 0 heterocycles. The molecule has 0 aliphatic heterocycles. The molecule has 0 saturated heterocycles. The molecule has 0 radical (unpaired) electrons. The van der Waals surface area contributed by atoms with Gasteiger partial charge in [0.05, 0.1) is 0 Å².